The SMILES string of the molecule is CC(C)(CNc1ccc(Br)cc1)CN1CCNCC1. The second-order valence-corrected chi connectivity index (χ2v) is 6.97. The Kier molecular flexibility index (Phi) is 5.25. The van der Waals surface area contributed by atoms with Crippen LogP contribution >= 0.6 is 15.9 Å². The van der Waals surface area contributed by atoms with Crippen LogP contribution in [0.4, 0.5) is 5.69 Å². The van der Waals surface area contributed by atoms with Gasteiger partial charge in [0.1, 0.15) is 0 Å². The largest absolute Gasteiger partial charge is 0.384 e. The van der Waals surface area contributed by atoms with Crippen LogP contribution in [0.2, 0.25) is 0 Å². The van der Waals surface area contributed by atoms with Gasteiger partial charge in [-0.2, -0.15) is 0 Å². The number of nitrogens with zero attached hydrogens (tertiary/aromatic N) is 1. The first kappa shape index (κ1) is 14.8. The predicted octanol–water partition coefficient (Wildman–Crippen LogP) is 2.79. The maximum atomic E-state index is 3.54. The molecule has 0 unspecified atom stereocenters. The minimum absolute atomic E-state index is 0.282. The van der Waals surface area contributed by atoms with Gasteiger partial charge in [0.05, 0.1) is 0 Å². The number of nitrogens with one attached hydrogen (secondary N) is 2. The molecule has 0 spiro atoms. The average Bonchev–Trinajstić information content (AvgIpc) is 2.39. The molecule has 1 aromatic carbocycles. The molecule has 1 aromatic rings. The van der Waals surface area contributed by atoms with Crippen LogP contribution in [0.3, 0.4) is 0 Å². The van der Waals surface area contributed by atoms with E-state index in [-0.39, 0.29) is 5.41 Å². The van der Waals surface area contributed by atoms with Crippen LogP contribution in [-0.4, -0.2) is 44.2 Å². The molecule has 1 fully saturated rings. The number of rotatable bonds is 5. The van der Waals surface area contributed by atoms with Crippen molar-refractivity contribution in [2.45, 2.75) is 13.8 Å². The van der Waals surface area contributed by atoms with Crippen molar-refractivity contribution < 1.29 is 0 Å². The van der Waals surface area contributed by atoms with Crippen LogP contribution in [-0.2, 0) is 0 Å². The topological polar surface area (TPSA) is 27.3 Å². The minimum atomic E-state index is 0.282. The fourth-order valence-electron chi connectivity index (χ4n) is 2.44. The average molecular weight is 326 g/mol. The van der Waals surface area contributed by atoms with Crippen molar-refractivity contribution in [2.24, 2.45) is 5.41 Å². The highest BCUT2D eigenvalue weighted by Gasteiger charge is 2.22. The number of benzene rings is 1. The quantitative estimate of drug-likeness (QED) is 0.871. The molecule has 0 saturated carbocycles. The van der Waals surface area contributed by atoms with Crippen LogP contribution in [0.5, 0.6) is 0 Å². The maximum Gasteiger partial charge on any atom is 0.0341 e. The Labute approximate surface area is 124 Å². The van der Waals surface area contributed by atoms with Crippen molar-refractivity contribution >= 4 is 21.6 Å². The number of hydrogen-bond donors (Lipinski definition) is 2. The van der Waals surface area contributed by atoms with Crippen molar-refractivity contribution in [1.82, 2.24) is 10.2 Å². The van der Waals surface area contributed by atoms with E-state index in [0.29, 0.717) is 0 Å². The summed E-state index contributed by atoms with van der Waals surface area (Å²) in [5.41, 5.74) is 1.47. The van der Waals surface area contributed by atoms with E-state index in [2.05, 4.69) is 69.6 Å². The zero-order valence-electron chi connectivity index (χ0n) is 11.9. The Bertz CT molecular complexity index is 383. The molecule has 0 amide bonds. The van der Waals surface area contributed by atoms with Crippen molar-refractivity contribution in [3.63, 3.8) is 0 Å². The van der Waals surface area contributed by atoms with Crippen molar-refractivity contribution in [3.8, 4) is 0 Å². The first-order valence-electron chi connectivity index (χ1n) is 6.98. The van der Waals surface area contributed by atoms with Gasteiger partial charge in [-0.1, -0.05) is 29.8 Å². The molecule has 0 aromatic heterocycles. The molecule has 2 rings (SSSR count). The van der Waals surface area contributed by atoms with Crippen molar-refractivity contribution in [2.75, 3.05) is 44.6 Å². The summed E-state index contributed by atoms with van der Waals surface area (Å²) < 4.78 is 1.12. The fourth-order valence-corrected chi connectivity index (χ4v) is 2.70. The van der Waals surface area contributed by atoms with Gasteiger partial charge in [-0.15, -0.1) is 0 Å². The molecule has 3 nitrogen and oxygen atoms in total. The predicted molar refractivity (Wildman–Crippen MR) is 85.7 cm³/mol. The van der Waals surface area contributed by atoms with Crippen molar-refractivity contribution in [1.29, 1.82) is 0 Å². The standard InChI is InChI=1S/C15H24BrN3/c1-15(2,12-19-9-7-17-8-10-19)11-18-14-5-3-13(16)4-6-14/h3-6,17-18H,7-12H2,1-2H3. The van der Waals surface area contributed by atoms with E-state index >= 15 is 0 Å². The van der Waals surface area contributed by atoms with Crippen LogP contribution in [0.1, 0.15) is 13.8 Å². The van der Waals surface area contributed by atoms with Crippen LogP contribution < -0.4 is 10.6 Å². The Morgan fingerprint density at radius 3 is 2.47 bits per heavy atom. The number of piperazine rings is 1. The molecule has 2 N–H and O–H groups in total. The van der Waals surface area contributed by atoms with E-state index < -0.39 is 0 Å². The normalized spacial score (nSPS) is 17.4. The lowest BCUT2D eigenvalue weighted by Crippen LogP contribution is -2.48. The van der Waals surface area contributed by atoms with Crippen molar-refractivity contribution in [3.05, 3.63) is 28.7 Å². The molecule has 1 saturated heterocycles. The minimum Gasteiger partial charge on any atom is -0.384 e. The summed E-state index contributed by atoms with van der Waals surface area (Å²) in [6.45, 7) is 11.4. The van der Waals surface area contributed by atoms with Gasteiger partial charge in [-0.05, 0) is 29.7 Å². The summed E-state index contributed by atoms with van der Waals surface area (Å²) in [5, 5.41) is 6.94. The van der Waals surface area contributed by atoms with E-state index in [9.17, 15) is 0 Å². The fraction of sp³-hybridized carbons (Fsp3) is 0.600. The smallest absolute Gasteiger partial charge is 0.0341 e. The summed E-state index contributed by atoms with van der Waals surface area (Å²) in [6, 6.07) is 8.38. The molecule has 0 bridgehead atoms. The van der Waals surface area contributed by atoms with Gasteiger partial charge >= 0.3 is 0 Å². The lowest BCUT2D eigenvalue weighted by atomic mass is 9.92. The molecular formula is C15H24BrN3. The molecule has 1 aliphatic heterocycles. The summed E-state index contributed by atoms with van der Waals surface area (Å²) in [4.78, 5) is 2.56. The van der Waals surface area contributed by atoms with E-state index in [1.165, 1.54) is 18.8 Å². The highest BCUT2D eigenvalue weighted by molar-refractivity contribution is 9.10. The summed E-state index contributed by atoms with van der Waals surface area (Å²) >= 11 is 3.46. The van der Waals surface area contributed by atoms with Gasteiger partial charge in [0, 0.05) is 49.4 Å². The van der Waals surface area contributed by atoms with E-state index in [0.717, 1.165) is 30.7 Å². The second-order valence-electron chi connectivity index (χ2n) is 6.05. The number of halogens is 1. The lowest BCUT2D eigenvalue weighted by molar-refractivity contribution is 0.168. The first-order chi connectivity index (χ1) is 9.05. The molecule has 106 valence electrons. The third-order valence-corrected chi connectivity index (χ3v) is 4.01. The Morgan fingerprint density at radius 1 is 1.21 bits per heavy atom. The third kappa shape index (κ3) is 5.13. The first-order valence-corrected chi connectivity index (χ1v) is 7.77. The summed E-state index contributed by atoms with van der Waals surface area (Å²) in [7, 11) is 0. The second kappa shape index (κ2) is 6.73. The zero-order valence-corrected chi connectivity index (χ0v) is 13.5. The summed E-state index contributed by atoms with van der Waals surface area (Å²) in [6.07, 6.45) is 0. The molecular weight excluding hydrogens is 302 g/mol. The summed E-state index contributed by atoms with van der Waals surface area (Å²) in [5.74, 6) is 0. The van der Waals surface area contributed by atoms with Gasteiger partial charge in [-0.3, -0.25) is 0 Å². The highest BCUT2D eigenvalue weighted by atomic mass is 79.9. The molecule has 1 aliphatic rings. The van der Waals surface area contributed by atoms with Crippen LogP contribution in [0.15, 0.2) is 28.7 Å². The van der Waals surface area contributed by atoms with Gasteiger partial charge in [0.2, 0.25) is 0 Å². The van der Waals surface area contributed by atoms with Gasteiger partial charge in [0.15, 0.2) is 0 Å². The van der Waals surface area contributed by atoms with Gasteiger partial charge in [-0.25, -0.2) is 0 Å². The lowest BCUT2D eigenvalue weighted by Gasteiger charge is -2.35. The Hall–Kier alpha value is -0.580. The monoisotopic (exact) mass is 325 g/mol. The Morgan fingerprint density at radius 2 is 1.84 bits per heavy atom. The van der Waals surface area contributed by atoms with Gasteiger partial charge in [0.25, 0.3) is 0 Å². The van der Waals surface area contributed by atoms with Gasteiger partial charge < -0.3 is 15.5 Å². The molecule has 0 atom stereocenters. The third-order valence-electron chi connectivity index (χ3n) is 3.48. The molecule has 0 aliphatic carbocycles. The van der Waals surface area contributed by atoms with Crippen LogP contribution in [0.25, 0.3) is 0 Å². The highest BCUT2D eigenvalue weighted by Crippen LogP contribution is 2.20. The number of hydrogen-bond acceptors (Lipinski definition) is 3. The molecule has 19 heavy (non-hydrogen) atoms. The number of anilines is 1. The van der Waals surface area contributed by atoms with E-state index in [1.807, 2.05) is 0 Å². The maximum absolute atomic E-state index is 3.54. The molecule has 4 heteroatoms. The zero-order chi connectivity index (χ0) is 13.7. The molecule has 0 radical (unpaired) electrons. The van der Waals surface area contributed by atoms with E-state index in [1.54, 1.807) is 0 Å². The van der Waals surface area contributed by atoms with E-state index in [4.69, 9.17) is 0 Å². The van der Waals surface area contributed by atoms with Crippen LogP contribution in [0, 0.1) is 5.41 Å². The molecule has 1 heterocycles. The Balaban J connectivity index is 1.81.